The van der Waals surface area contributed by atoms with E-state index in [4.69, 9.17) is 5.73 Å². The van der Waals surface area contributed by atoms with Crippen molar-refractivity contribution in [3.05, 3.63) is 12.2 Å². The van der Waals surface area contributed by atoms with Crippen LogP contribution in [0, 0.1) is 0 Å². The molecule has 0 atom stereocenters. The number of hydrogen-bond donors (Lipinski definition) is 1. The molecule has 0 fully saturated rings. The maximum absolute atomic E-state index is 5.94. The average molecular weight is 197 g/mol. The van der Waals surface area contributed by atoms with E-state index in [-0.39, 0.29) is 5.54 Å². The van der Waals surface area contributed by atoms with E-state index in [1.165, 1.54) is 44.1 Å². The van der Waals surface area contributed by atoms with Gasteiger partial charge in [-0.05, 0) is 26.7 Å². The minimum Gasteiger partial charge on any atom is -0.322 e. The number of hydrogen-bond acceptors (Lipinski definition) is 1. The highest BCUT2D eigenvalue weighted by molar-refractivity contribution is 5.10. The topological polar surface area (TPSA) is 26.0 Å². The lowest BCUT2D eigenvalue weighted by Gasteiger charge is -2.21. The molecule has 1 heteroatoms. The van der Waals surface area contributed by atoms with Gasteiger partial charge in [0.15, 0.2) is 0 Å². The molecule has 0 spiro atoms. The standard InChI is InChI=1S/C13H27N/c1-5-6-7-8-9-10-11-12(2)13(3,4)14/h2,5-11,14H2,1,3-4H3. The minimum atomic E-state index is -0.191. The fourth-order valence-electron chi connectivity index (χ4n) is 1.44. The molecule has 1 nitrogen and oxygen atoms in total. The Morgan fingerprint density at radius 2 is 1.57 bits per heavy atom. The molecule has 0 aliphatic carbocycles. The SMILES string of the molecule is C=C(CCCCCCCC)C(C)(C)N. The van der Waals surface area contributed by atoms with Gasteiger partial charge in [0.25, 0.3) is 0 Å². The zero-order chi connectivity index (χ0) is 11.0. The summed E-state index contributed by atoms with van der Waals surface area (Å²) in [5, 5.41) is 0. The maximum atomic E-state index is 5.94. The third kappa shape index (κ3) is 7.14. The third-order valence-corrected chi connectivity index (χ3v) is 2.74. The van der Waals surface area contributed by atoms with E-state index >= 15 is 0 Å². The van der Waals surface area contributed by atoms with Gasteiger partial charge in [0.05, 0.1) is 0 Å². The molecule has 2 N–H and O–H groups in total. The van der Waals surface area contributed by atoms with Crippen LogP contribution in [0.15, 0.2) is 12.2 Å². The monoisotopic (exact) mass is 197 g/mol. The van der Waals surface area contributed by atoms with E-state index in [0.717, 1.165) is 6.42 Å². The molecule has 84 valence electrons. The maximum Gasteiger partial charge on any atom is 0.0308 e. The molecular weight excluding hydrogens is 170 g/mol. The predicted octanol–water partition coefficient (Wildman–Crippen LogP) is 4.03. The van der Waals surface area contributed by atoms with Crippen LogP contribution in [0.25, 0.3) is 0 Å². The molecule has 0 aromatic carbocycles. The van der Waals surface area contributed by atoms with E-state index < -0.39 is 0 Å². The molecular formula is C13H27N. The van der Waals surface area contributed by atoms with Crippen molar-refractivity contribution in [3.63, 3.8) is 0 Å². The Balaban J connectivity index is 3.33. The van der Waals surface area contributed by atoms with Gasteiger partial charge in [-0.1, -0.05) is 51.2 Å². The fourth-order valence-corrected chi connectivity index (χ4v) is 1.44. The highest BCUT2D eigenvalue weighted by Crippen LogP contribution is 2.18. The fraction of sp³-hybridized carbons (Fsp3) is 0.846. The van der Waals surface area contributed by atoms with Crippen LogP contribution >= 0.6 is 0 Å². The van der Waals surface area contributed by atoms with Crippen molar-refractivity contribution in [3.8, 4) is 0 Å². The van der Waals surface area contributed by atoms with Gasteiger partial charge in [-0.3, -0.25) is 0 Å². The van der Waals surface area contributed by atoms with Gasteiger partial charge in [-0.15, -0.1) is 0 Å². The molecule has 0 heterocycles. The van der Waals surface area contributed by atoms with Gasteiger partial charge in [0, 0.05) is 5.54 Å². The summed E-state index contributed by atoms with van der Waals surface area (Å²) in [4.78, 5) is 0. The molecule has 14 heavy (non-hydrogen) atoms. The highest BCUT2D eigenvalue weighted by atomic mass is 14.7. The third-order valence-electron chi connectivity index (χ3n) is 2.74. The number of nitrogens with two attached hydrogens (primary N) is 1. The first kappa shape index (κ1) is 13.7. The van der Waals surface area contributed by atoms with Crippen LogP contribution in [0.2, 0.25) is 0 Å². The van der Waals surface area contributed by atoms with Crippen molar-refractivity contribution in [1.29, 1.82) is 0 Å². The summed E-state index contributed by atoms with van der Waals surface area (Å²) >= 11 is 0. The van der Waals surface area contributed by atoms with E-state index in [1.807, 2.05) is 13.8 Å². The average Bonchev–Trinajstić information content (AvgIpc) is 2.09. The Morgan fingerprint density at radius 3 is 2.07 bits per heavy atom. The second kappa shape index (κ2) is 7.05. The molecule has 0 aliphatic rings. The molecule has 0 unspecified atom stereocenters. The summed E-state index contributed by atoms with van der Waals surface area (Å²) in [7, 11) is 0. The predicted molar refractivity (Wildman–Crippen MR) is 65.4 cm³/mol. The highest BCUT2D eigenvalue weighted by Gasteiger charge is 2.13. The Bertz CT molecular complexity index is 153. The van der Waals surface area contributed by atoms with Crippen molar-refractivity contribution in [1.82, 2.24) is 0 Å². The van der Waals surface area contributed by atoms with Gasteiger partial charge >= 0.3 is 0 Å². The zero-order valence-electron chi connectivity index (χ0n) is 10.2. The summed E-state index contributed by atoms with van der Waals surface area (Å²) in [6, 6.07) is 0. The van der Waals surface area contributed by atoms with E-state index in [2.05, 4.69) is 13.5 Å². The van der Waals surface area contributed by atoms with Crippen LogP contribution < -0.4 is 5.73 Å². The molecule has 0 aliphatic heterocycles. The lowest BCUT2D eigenvalue weighted by Crippen LogP contribution is -2.33. The molecule has 0 bridgehead atoms. The zero-order valence-corrected chi connectivity index (χ0v) is 10.2. The van der Waals surface area contributed by atoms with Crippen molar-refractivity contribution < 1.29 is 0 Å². The minimum absolute atomic E-state index is 0.191. The Morgan fingerprint density at radius 1 is 1.07 bits per heavy atom. The first-order valence-electron chi connectivity index (χ1n) is 5.95. The second-order valence-corrected chi connectivity index (χ2v) is 4.84. The normalized spacial score (nSPS) is 11.7. The second-order valence-electron chi connectivity index (χ2n) is 4.84. The van der Waals surface area contributed by atoms with Gasteiger partial charge in [0.1, 0.15) is 0 Å². The summed E-state index contributed by atoms with van der Waals surface area (Å²) in [5.41, 5.74) is 6.94. The first-order chi connectivity index (χ1) is 6.48. The van der Waals surface area contributed by atoms with Crippen LogP contribution in [0.4, 0.5) is 0 Å². The Hall–Kier alpha value is -0.300. The van der Waals surface area contributed by atoms with Crippen molar-refractivity contribution >= 4 is 0 Å². The molecule has 0 amide bonds. The van der Waals surface area contributed by atoms with Crippen molar-refractivity contribution in [2.75, 3.05) is 0 Å². The van der Waals surface area contributed by atoms with Crippen LogP contribution in [0.3, 0.4) is 0 Å². The molecule has 0 aromatic heterocycles. The van der Waals surface area contributed by atoms with Gasteiger partial charge in [-0.2, -0.15) is 0 Å². The summed E-state index contributed by atoms with van der Waals surface area (Å²) < 4.78 is 0. The summed E-state index contributed by atoms with van der Waals surface area (Å²) in [5.74, 6) is 0. The van der Waals surface area contributed by atoms with Crippen LogP contribution in [-0.2, 0) is 0 Å². The summed E-state index contributed by atoms with van der Waals surface area (Å²) in [6.45, 7) is 10.4. The van der Waals surface area contributed by atoms with E-state index in [1.54, 1.807) is 0 Å². The van der Waals surface area contributed by atoms with E-state index in [0.29, 0.717) is 0 Å². The molecule has 0 saturated carbocycles. The lowest BCUT2D eigenvalue weighted by atomic mass is 9.92. The van der Waals surface area contributed by atoms with Gasteiger partial charge in [-0.25, -0.2) is 0 Å². The van der Waals surface area contributed by atoms with E-state index in [9.17, 15) is 0 Å². The molecule has 0 radical (unpaired) electrons. The molecule has 0 saturated heterocycles. The van der Waals surface area contributed by atoms with Crippen molar-refractivity contribution in [2.45, 2.75) is 71.3 Å². The first-order valence-corrected chi connectivity index (χ1v) is 5.95. The summed E-state index contributed by atoms with van der Waals surface area (Å²) in [6.07, 6.45) is 9.13. The lowest BCUT2D eigenvalue weighted by molar-refractivity contribution is 0.550. The van der Waals surface area contributed by atoms with Crippen LogP contribution in [0.1, 0.15) is 65.7 Å². The van der Waals surface area contributed by atoms with Crippen LogP contribution in [-0.4, -0.2) is 5.54 Å². The van der Waals surface area contributed by atoms with Gasteiger partial charge < -0.3 is 5.73 Å². The quantitative estimate of drug-likeness (QED) is 0.461. The molecule has 0 aromatic rings. The smallest absolute Gasteiger partial charge is 0.0308 e. The number of unbranched alkanes of at least 4 members (excludes halogenated alkanes) is 5. The van der Waals surface area contributed by atoms with Gasteiger partial charge in [0.2, 0.25) is 0 Å². The Labute approximate surface area is 89.8 Å². The van der Waals surface area contributed by atoms with Crippen molar-refractivity contribution in [2.24, 2.45) is 5.73 Å². The Kier molecular flexibility index (Phi) is 6.90. The largest absolute Gasteiger partial charge is 0.322 e. The number of rotatable bonds is 8. The molecule has 0 rings (SSSR count). The van der Waals surface area contributed by atoms with Crippen LogP contribution in [0.5, 0.6) is 0 Å².